The van der Waals surface area contributed by atoms with Crippen LogP contribution in [0, 0.1) is 0 Å². The Kier molecular flexibility index (Phi) is 8.62. The summed E-state index contributed by atoms with van der Waals surface area (Å²) in [6.07, 6.45) is 2.67. The molecule has 3 aromatic rings. The van der Waals surface area contributed by atoms with E-state index in [1.807, 2.05) is 18.0 Å². The third-order valence-corrected chi connectivity index (χ3v) is 9.49. The van der Waals surface area contributed by atoms with Crippen LogP contribution in [0.1, 0.15) is 43.8 Å². The fraction of sp³-hybridized carbons (Fsp3) is 0.286. The van der Waals surface area contributed by atoms with Gasteiger partial charge in [-0.25, -0.2) is 12.7 Å². The lowest BCUT2D eigenvalue weighted by Gasteiger charge is -2.32. The van der Waals surface area contributed by atoms with Crippen LogP contribution in [0.5, 0.6) is 0 Å². The van der Waals surface area contributed by atoms with E-state index in [1.165, 1.54) is 43.4 Å². The van der Waals surface area contributed by atoms with Gasteiger partial charge in [0.05, 0.1) is 15.5 Å². The Labute approximate surface area is 237 Å². The third-order valence-electron chi connectivity index (χ3n) is 6.85. The van der Waals surface area contributed by atoms with Gasteiger partial charge in [-0.05, 0) is 78.4 Å². The first kappa shape index (κ1) is 28.3. The topological polar surface area (TPSA) is 86.8 Å². The lowest BCUT2D eigenvalue weighted by Crippen LogP contribution is -2.40. The van der Waals surface area contributed by atoms with Gasteiger partial charge in [0, 0.05) is 43.8 Å². The molecular formula is C28H29BrClN3O4S. The quantitative estimate of drug-likeness (QED) is 0.408. The number of amides is 2. The molecule has 1 aliphatic rings. The number of sulfonamides is 1. The van der Waals surface area contributed by atoms with Crippen LogP contribution in [0.4, 0.5) is 0 Å². The predicted octanol–water partition coefficient (Wildman–Crippen LogP) is 4.91. The van der Waals surface area contributed by atoms with E-state index in [9.17, 15) is 18.0 Å². The zero-order valence-electron chi connectivity index (χ0n) is 21.4. The van der Waals surface area contributed by atoms with Gasteiger partial charge in [0.25, 0.3) is 11.8 Å². The number of carbonyl (C=O) groups excluding carboxylic acids is 2. The summed E-state index contributed by atoms with van der Waals surface area (Å²) < 4.78 is 27.0. The number of fused-ring (bicyclic) bond motifs is 1. The molecule has 1 N–H and O–H groups in total. The molecule has 0 spiro atoms. The molecule has 0 heterocycles. The molecule has 200 valence electrons. The summed E-state index contributed by atoms with van der Waals surface area (Å²) >= 11 is 9.70. The Hall–Kier alpha value is -2.72. The summed E-state index contributed by atoms with van der Waals surface area (Å²) in [4.78, 5) is 27.7. The van der Waals surface area contributed by atoms with Crippen LogP contribution in [-0.4, -0.2) is 56.6 Å². The number of carbonyl (C=O) groups is 2. The van der Waals surface area contributed by atoms with E-state index in [0.717, 1.165) is 33.6 Å². The maximum Gasteiger partial charge on any atom is 0.253 e. The molecule has 0 aromatic heterocycles. The van der Waals surface area contributed by atoms with Crippen LogP contribution >= 0.6 is 27.5 Å². The number of benzene rings is 3. The van der Waals surface area contributed by atoms with Crippen LogP contribution in [0.15, 0.2) is 70.0 Å². The highest BCUT2D eigenvalue weighted by Crippen LogP contribution is 2.27. The molecule has 0 saturated heterocycles. The minimum absolute atomic E-state index is 0.0154. The highest BCUT2D eigenvalue weighted by atomic mass is 79.9. The summed E-state index contributed by atoms with van der Waals surface area (Å²) in [5.41, 5.74) is 4.05. The average molecular weight is 619 g/mol. The Bertz CT molecular complexity index is 1480. The lowest BCUT2D eigenvalue weighted by atomic mass is 9.87. The second-order valence-corrected chi connectivity index (χ2v) is 13.0. The number of rotatable bonds is 7. The zero-order valence-corrected chi connectivity index (χ0v) is 24.5. The van der Waals surface area contributed by atoms with Crippen LogP contribution in [-0.2, 0) is 29.4 Å². The number of nitrogens with zero attached hydrogens (tertiary/aromatic N) is 2. The van der Waals surface area contributed by atoms with Gasteiger partial charge in [0.2, 0.25) is 10.0 Å². The fourth-order valence-corrected chi connectivity index (χ4v) is 6.04. The number of likely N-dealkylation sites (N-methyl/N-ethyl adjacent to an activating group) is 1. The summed E-state index contributed by atoms with van der Waals surface area (Å²) in [5.74, 6) is -0.535. The molecule has 10 heteroatoms. The Morgan fingerprint density at radius 1 is 1.00 bits per heavy atom. The first-order valence-electron chi connectivity index (χ1n) is 12.1. The fourth-order valence-electron chi connectivity index (χ4n) is 4.50. The van der Waals surface area contributed by atoms with Gasteiger partial charge in [-0.2, -0.15) is 0 Å². The number of nitrogens with one attached hydrogen (secondary N) is 1. The Balaban J connectivity index is 1.38. The number of halogens is 2. The summed E-state index contributed by atoms with van der Waals surface area (Å²) in [6.45, 7) is 0.194. The van der Waals surface area contributed by atoms with Crippen molar-refractivity contribution >= 4 is 49.4 Å². The van der Waals surface area contributed by atoms with E-state index in [1.54, 1.807) is 24.3 Å². The van der Waals surface area contributed by atoms with Crippen LogP contribution < -0.4 is 5.32 Å². The molecule has 3 aromatic carbocycles. The minimum atomic E-state index is -3.70. The molecule has 0 saturated carbocycles. The van der Waals surface area contributed by atoms with E-state index in [-0.39, 0.29) is 34.0 Å². The molecule has 0 aliphatic heterocycles. The van der Waals surface area contributed by atoms with E-state index < -0.39 is 15.9 Å². The zero-order chi connectivity index (χ0) is 27.6. The molecule has 1 unspecified atom stereocenters. The van der Waals surface area contributed by atoms with Gasteiger partial charge in [0.1, 0.15) is 0 Å². The molecule has 2 amide bonds. The standard InChI is InChI=1S/C28H29BrClN3O4S/c1-32(2)38(36,37)24-12-13-26(30)25(16-24)27(34)31-17-18-4-6-19(7-5-18)28(35)33(3)23-11-9-20-14-22(29)10-8-21(20)15-23/h4-8,10,12-14,16,23H,9,11,15,17H2,1-3H3,(H,31,34). The van der Waals surface area contributed by atoms with Crippen molar-refractivity contribution in [2.24, 2.45) is 0 Å². The first-order chi connectivity index (χ1) is 18.0. The second kappa shape index (κ2) is 11.6. The predicted molar refractivity (Wildman–Crippen MR) is 152 cm³/mol. The summed E-state index contributed by atoms with van der Waals surface area (Å²) in [5, 5.41) is 2.92. The normalized spacial score (nSPS) is 15.2. The van der Waals surface area contributed by atoms with E-state index in [0.29, 0.717) is 5.56 Å². The third kappa shape index (κ3) is 6.12. The first-order valence-corrected chi connectivity index (χ1v) is 14.7. The van der Waals surface area contributed by atoms with Crippen LogP contribution in [0.2, 0.25) is 5.02 Å². The molecule has 1 atom stereocenters. The number of hydrogen-bond donors (Lipinski definition) is 1. The minimum Gasteiger partial charge on any atom is -0.348 e. The van der Waals surface area contributed by atoms with Crippen molar-refractivity contribution in [2.75, 3.05) is 21.1 Å². The van der Waals surface area contributed by atoms with E-state index >= 15 is 0 Å². The highest BCUT2D eigenvalue weighted by Gasteiger charge is 2.26. The number of hydrogen-bond acceptors (Lipinski definition) is 4. The molecule has 0 bridgehead atoms. The van der Waals surface area contributed by atoms with Gasteiger partial charge in [0.15, 0.2) is 0 Å². The van der Waals surface area contributed by atoms with Crippen LogP contribution in [0.3, 0.4) is 0 Å². The van der Waals surface area contributed by atoms with Crippen molar-refractivity contribution in [3.05, 3.63) is 98.0 Å². The maximum absolute atomic E-state index is 13.2. The molecular weight excluding hydrogens is 590 g/mol. The highest BCUT2D eigenvalue weighted by molar-refractivity contribution is 9.10. The van der Waals surface area contributed by atoms with Crippen molar-refractivity contribution in [2.45, 2.75) is 36.7 Å². The van der Waals surface area contributed by atoms with Crippen molar-refractivity contribution in [3.8, 4) is 0 Å². The smallest absolute Gasteiger partial charge is 0.253 e. The van der Waals surface area contributed by atoms with Crippen molar-refractivity contribution in [1.29, 1.82) is 0 Å². The van der Waals surface area contributed by atoms with Crippen molar-refractivity contribution in [3.63, 3.8) is 0 Å². The van der Waals surface area contributed by atoms with E-state index in [2.05, 4.69) is 33.4 Å². The average Bonchev–Trinajstić information content (AvgIpc) is 2.90. The molecule has 0 fully saturated rings. The Morgan fingerprint density at radius 2 is 1.71 bits per heavy atom. The molecule has 0 radical (unpaired) electrons. The van der Waals surface area contributed by atoms with Gasteiger partial charge < -0.3 is 10.2 Å². The monoisotopic (exact) mass is 617 g/mol. The Morgan fingerprint density at radius 3 is 2.39 bits per heavy atom. The summed E-state index contributed by atoms with van der Waals surface area (Å²) in [7, 11) is 0.982. The van der Waals surface area contributed by atoms with Gasteiger partial charge >= 0.3 is 0 Å². The number of aryl methyl sites for hydroxylation is 1. The molecule has 4 rings (SSSR count). The molecule has 38 heavy (non-hydrogen) atoms. The second-order valence-electron chi connectivity index (χ2n) is 9.53. The maximum atomic E-state index is 13.2. The van der Waals surface area contributed by atoms with Crippen molar-refractivity contribution in [1.82, 2.24) is 14.5 Å². The van der Waals surface area contributed by atoms with Gasteiger partial charge in [-0.15, -0.1) is 0 Å². The lowest BCUT2D eigenvalue weighted by molar-refractivity contribution is 0.0718. The largest absolute Gasteiger partial charge is 0.348 e. The van der Waals surface area contributed by atoms with Crippen molar-refractivity contribution < 1.29 is 18.0 Å². The SMILES string of the molecule is CN(C(=O)c1ccc(CNC(=O)c2cc(S(=O)(=O)N(C)C)ccc2Cl)cc1)C1CCc2cc(Br)ccc2C1. The molecule has 1 aliphatic carbocycles. The molecule has 7 nitrogen and oxygen atoms in total. The van der Waals surface area contributed by atoms with Gasteiger partial charge in [-0.1, -0.05) is 45.7 Å². The van der Waals surface area contributed by atoms with Crippen LogP contribution in [0.25, 0.3) is 0 Å². The van der Waals surface area contributed by atoms with Gasteiger partial charge in [-0.3, -0.25) is 9.59 Å². The van der Waals surface area contributed by atoms with E-state index in [4.69, 9.17) is 11.6 Å². The summed E-state index contributed by atoms with van der Waals surface area (Å²) in [6, 6.07) is 17.6.